The second kappa shape index (κ2) is 6.39. The first-order valence-corrected chi connectivity index (χ1v) is 8.61. The summed E-state index contributed by atoms with van der Waals surface area (Å²) in [6, 6.07) is 8.61. The van der Waals surface area contributed by atoms with Crippen molar-refractivity contribution in [3.05, 3.63) is 29.8 Å². The van der Waals surface area contributed by atoms with Gasteiger partial charge in [0, 0.05) is 18.0 Å². The number of hydrogen-bond donors (Lipinski definition) is 1. The molecule has 2 aliphatic rings. The van der Waals surface area contributed by atoms with E-state index in [-0.39, 0.29) is 0 Å². The largest absolute Gasteiger partial charge is 0.493 e. The minimum absolute atomic E-state index is 0.500. The Bertz CT molecular complexity index is 462. The van der Waals surface area contributed by atoms with Crippen LogP contribution in [0.2, 0.25) is 0 Å². The zero-order valence-corrected chi connectivity index (χ0v) is 13.5. The van der Waals surface area contributed by atoms with Gasteiger partial charge in [0.25, 0.3) is 0 Å². The van der Waals surface area contributed by atoms with Gasteiger partial charge in [-0.1, -0.05) is 44.9 Å². The van der Waals surface area contributed by atoms with E-state index in [9.17, 15) is 0 Å². The van der Waals surface area contributed by atoms with Crippen molar-refractivity contribution in [1.82, 2.24) is 5.32 Å². The molecule has 1 fully saturated rings. The number of ether oxygens (including phenoxy) is 1. The van der Waals surface area contributed by atoms with Gasteiger partial charge in [-0.2, -0.15) is 0 Å². The highest BCUT2D eigenvalue weighted by atomic mass is 16.5. The maximum atomic E-state index is 5.89. The zero-order chi connectivity index (χ0) is 14.7. The number of para-hydroxylation sites is 1. The van der Waals surface area contributed by atoms with Crippen molar-refractivity contribution in [2.75, 3.05) is 19.7 Å². The van der Waals surface area contributed by atoms with Crippen molar-refractivity contribution in [2.45, 2.75) is 51.9 Å². The Labute approximate surface area is 129 Å². The highest BCUT2D eigenvalue weighted by Crippen LogP contribution is 2.47. The second-order valence-electron chi connectivity index (χ2n) is 7.48. The minimum Gasteiger partial charge on any atom is -0.493 e. The third-order valence-electron chi connectivity index (χ3n) is 5.20. The number of hydrogen-bond acceptors (Lipinski definition) is 2. The monoisotopic (exact) mass is 287 g/mol. The summed E-state index contributed by atoms with van der Waals surface area (Å²) in [5, 5.41) is 3.72. The van der Waals surface area contributed by atoms with Gasteiger partial charge in [-0.05, 0) is 43.2 Å². The summed E-state index contributed by atoms with van der Waals surface area (Å²) < 4.78 is 5.89. The molecule has 0 aromatic heterocycles. The van der Waals surface area contributed by atoms with E-state index < -0.39 is 0 Å². The molecule has 0 radical (unpaired) electrons. The van der Waals surface area contributed by atoms with Gasteiger partial charge >= 0.3 is 0 Å². The molecule has 1 aromatic carbocycles. The Kier molecular flexibility index (Phi) is 4.54. The lowest BCUT2D eigenvalue weighted by Gasteiger charge is -2.32. The molecule has 2 heteroatoms. The predicted octanol–water partition coefficient (Wildman–Crippen LogP) is 4.36. The summed E-state index contributed by atoms with van der Waals surface area (Å²) >= 11 is 0. The van der Waals surface area contributed by atoms with E-state index in [1.54, 1.807) is 0 Å². The fourth-order valence-electron chi connectivity index (χ4n) is 4.13. The first kappa shape index (κ1) is 14.9. The standard InChI is InChI=1S/C19H29NO/c1-15(2)12-20-14-19(9-5-6-10-19)11-16-13-21-18-8-4-3-7-17(16)18/h3-4,7-8,15-16,20H,5-6,9-14H2,1-2H3. The van der Waals surface area contributed by atoms with Gasteiger partial charge in [-0.25, -0.2) is 0 Å². The molecule has 1 atom stereocenters. The number of fused-ring (bicyclic) bond motifs is 1. The van der Waals surface area contributed by atoms with Crippen LogP contribution in [0, 0.1) is 11.3 Å². The van der Waals surface area contributed by atoms with Gasteiger partial charge in [-0.15, -0.1) is 0 Å². The maximum Gasteiger partial charge on any atom is 0.122 e. The van der Waals surface area contributed by atoms with E-state index in [0.29, 0.717) is 11.3 Å². The Morgan fingerprint density at radius 3 is 2.76 bits per heavy atom. The molecule has 1 N–H and O–H groups in total. The molecule has 0 bridgehead atoms. The molecule has 0 amide bonds. The number of rotatable bonds is 6. The van der Waals surface area contributed by atoms with Crippen LogP contribution in [-0.2, 0) is 0 Å². The van der Waals surface area contributed by atoms with E-state index in [1.807, 2.05) is 0 Å². The Hall–Kier alpha value is -1.02. The van der Waals surface area contributed by atoms with Crippen molar-refractivity contribution < 1.29 is 4.74 Å². The Morgan fingerprint density at radius 1 is 1.24 bits per heavy atom. The molecular weight excluding hydrogens is 258 g/mol. The fraction of sp³-hybridized carbons (Fsp3) is 0.684. The molecule has 0 spiro atoms. The first-order chi connectivity index (χ1) is 10.2. The highest BCUT2D eigenvalue weighted by Gasteiger charge is 2.38. The summed E-state index contributed by atoms with van der Waals surface area (Å²) in [4.78, 5) is 0. The van der Waals surface area contributed by atoms with Crippen LogP contribution in [0.5, 0.6) is 5.75 Å². The molecule has 1 heterocycles. The molecule has 1 aliphatic heterocycles. The lowest BCUT2D eigenvalue weighted by molar-refractivity contribution is 0.213. The van der Waals surface area contributed by atoms with E-state index in [4.69, 9.17) is 4.74 Å². The van der Waals surface area contributed by atoms with Gasteiger partial charge in [0.15, 0.2) is 0 Å². The Morgan fingerprint density at radius 2 is 2.00 bits per heavy atom. The van der Waals surface area contributed by atoms with Gasteiger partial charge in [-0.3, -0.25) is 0 Å². The van der Waals surface area contributed by atoms with Gasteiger partial charge in [0.05, 0.1) is 6.61 Å². The van der Waals surface area contributed by atoms with Crippen LogP contribution < -0.4 is 10.1 Å². The summed E-state index contributed by atoms with van der Waals surface area (Å²) in [5.41, 5.74) is 1.94. The van der Waals surface area contributed by atoms with Crippen LogP contribution >= 0.6 is 0 Å². The van der Waals surface area contributed by atoms with Gasteiger partial charge < -0.3 is 10.1 Å². The molecule has 2 nitrogen and oxygen atoms in total. The minimum atomic E-state index is 0.500. The SMILES string of the molecule is CC(C)CNCC1(CC2COc3ccccc32)CCCC1. The summed E-state index contributed by atoms with van der Waals surface area (Å²) in [5.74, 6) is 2.45. The van der Waals surface area contributed by atoms with Crippen LogP contribution in [0.25, 0.3) is 0 Å². The summed E-state index contributed by atoms with van der Waals surface area (Å²) in [7, 11) is 0. The zero-order valence-electron chi connectivity index (χ0n) is 13.5. The number of nitrogens with one attached hydrogen (secondary N) is 1. The third kappa shape index (κ3) is 3.42. The second-order valence-corrected chi connectivity index (χ2v) is 7.48. The van der Waals surface area contributed by atoms with Crippen molar-refractivity contribution in [3.8, 4) is 5.75 Å². The first-order valence-electron chi connectivity index (χ1n) is 8.61. The molecule has 1 saturated carbocycles. The van der Waals surface area contributed by atoms with Crippen LogP contribution in [0.4, 0.5) is 0 Å². The molecule has 21 heavy (non-hydrogen) atoms. The van der Waals surface area contributed by atoms with E-state index in [2.05, 4.69) is 43.4 Å². The fourth-order valence-corrected chi connectivity index (χ4v) is 4.13. The van der Waals surface area contributed by atoms with E-state index >= 15 is 0 Å². The molecule has 0 saturated heterocycles. The number of benzene rings is 1. The van der Waals surface area contributed by atoms with Crippen LogP contribution in [-0.4, -0.2) is 19.7 Å². The lowest BCUT2D eigenvalue weighted by Crippen LogP contribution is -2.35. The van der Waals surface area contributed by atoms with Gasteiger partial charge in [0.1, 0.15) is 5.75 Å². The van der Waals surface area contributed by atoms with E-state index in [1.165, 1.54) is 44.2 Å². The average Bonchev–Trinajstić information content (AvgIpc) is 3.07. The average molecular weight is 287 g/mol. The van der Waals surface area contributed by atoms with Gasteiger partial charge in [0.2, 0.25) is 0 Å². The molecular formula is C19H29NO. The topological polar surface area (TPSA) is 21.3 Å². The van der Waals surface area contributed by atoms with Crippen LogP contribution in [0.1, 0.15) is 57.4 Å². The molecule has 1 aromatic rings. The quantitative estimate of drug-likeness (QED) is 0.839. The van der Waals surface area contributed by atoms with Crippen LogP contribution in [0.3, 0.4) is 0 Å². The van der Waals surface area contributed by atoms with Crippen molar-refractivity contribution >= 4 is 0 Å². The summed E-state index contributed by atoms with van der Waals surface area (Å²) in [6.45, 7) is 7.78. The van der Waals surface area contributed by atoms with Crippen LogP contribution in [0.15, 0.2) is 24.3 Å². The molecule has 1 unspecified atom stereocenters. The summed E-state index contributed by atoms with van der Waals surface area (Å²) in [6.07, 6.45) is 6.86. The lowest BCUT2D eigenvalue weighted by atomic mass is 9.76. The maximum absolute atomic E-state index is 5.89. The molecule has 116 valence electrons. The van der Waals surface area contributed by atoms with Crippen molar-refractivity contribution in [1.29, 1.82) is 0 Å². The van der Waals surface area contributed by atoms with Crippen molar-refractivity contribution in [2.24, 2.45) is 11.3 Å². The third-order valence-corrected chi connectivity index (χ3v) is 5.20. The van der Waals surface area contributed by atoms with Crippen molar-refractivity contribution in [3.63, 3.8) is 0 Å². The highest BCUT2D eigenvalue weighted by molar-refractivity contribution is 5.39. The van der Waals surface area contributed by atoms with E-state index in [0.717, 1.165) is 24.8 Å². The molecule has 3 rings (SSSR count). The smallest absolute Gasteiger partial charge is 0.122 e. The normalized spacial score (nSPS) is 23.3. The Balaban J connectivity index is 1.66. The molecule has 1 aliphatic carbocycles. The predicted molar refractivity (Wildman–Crippen MR) is 87.9 cm³/mol.